The summed E-state index contributed by atoms with van der Waals surface area (Å²) in [6.45, 7) is 1.06. The van der Waals surface area contributed by atoms with Crippen molar-refractivity contribution in [3.63, 3.8) is 0 Å². The Kier molecular flexibility index (Phi) is 3.61. The number of anilines is 1. The summed E-state index contributed by atoms with van der Waals surface area (Å²) in [7, 11) is 0. The maximum atomic E-state index is 13.0. The van der Waals surface area contributed by atoms with E-state index in [0.717, 1.165) is 0 Å². The van der Waals surface area contributed by atoms with Gasteiger partial charge in [0.1, 0.15) is 11.9 Å². The van der Waals surface area contributed by atoms with Gasteiger partial charge in [-0.2, -0.15) is 0 Å². The highest BCUT2D eigenvalue weighted by Crippen LogP contribution is 2.33. The van der Waals surface area contributed by atoms with Crippen molar-refractivity contribution in [1.29, 1.82) is 0 Å². The van der Waals surface area contributed by atoms with E-state index >= 15 is 0 Å². The maximum absolute atomic E-state index is 13.0. The lowest BCUT2D eigenvalue weighted by atomic mass is 10.1. The molecule has 1 fully saturated rings. The van der Waals surface area contributed by atoms with Gasteiger partial charge in [-0.3, -0.25) is 10.1 Å². The number of nitro groups is 1. The van der Waals surface area contributed by atoms with E-state index in [2.05, 4.69) is 15.9 Å². The highest BCUT2D eigenvalue weighted by atomic mass is 79.9. The summed E-state index contributed by atoms with van der Waals surface area (Å²) < 4.78 is 13.7. The summed E-state index contributed by atoms with van der Waals surface area (Å²) >= 11 is 3.22. The molecule has 1 aromatic rings. The lowest BCUT2D eigenvalue weighted by molar-refractivity contribution is -0.384. The Bertz CT molecular complexity index is 433. The molecule has 0 amide bonds. The third-order valence-corrected chi connectivity index (χ3v) is 3.39. The van der Waals surface area contributed by atoms with Gasteiger partial charge in [-0.1, -0.05) is 15.9 Å². The van der Waals surface area contributed by atoms with Crippen LogP contribution in [0.1, 0.15) is 12.8 Å². The van der Waals surface area contributed by atoms with E-state index in [1.54, 1.807) is 12.1 Å². The zero-order valence-electron chi connectivity index (χ0n) is 9.10. The van der Waals surface area contributed by atoms with Gasteiger partial charge in [0.05, 0.1) is 4.92 Å². The molecule has 1 aliphatic heterocycles. The Morgan fingerprint density at radius 1 is 1.41 bits per heavy atom. The minimum atomic E-state index is -0.777. The number of hydrogen-bond donors (Lipinski definition) is 0. The van der Waals surface area contributed by atoms with Crippen LogP contribution in [0.4, 0.5) is 15.8 Å². The minimum absolute atomic E-state index is 0.0664. The van der Waals surface area contributed by atoms with Crippen molar-refractivity contribution in [1.82, 2.24) is 0 Å². The number of benzene rings is 1. The van der Waals surface area contributed by atoms with Gasteiger partial charge in [-0.05, 0) is 25.0 Å². The molecule has 0 N–H and O–H groups in total. The van der Waals surface area contributed by atoms with E-state index in [0.29, 0.717) is 36.1 Å². The molecule has 92 valence electrons. The number of piperidine rings is 1. The van der Waals surface area contributed by atoms with Crippen LogP contribution in [-0.4, -0.2) is 24.2 Å². The first kappa shape index (κ1) is 12.3. The van der Waals surface area contributed by atoms with Crippen molar-refractivity contribution in [3.05, 3.63) is 32.8 Å². The van der Waals surface area contributed by atoms with Crippen LogP contribution in [0.25, 0.3) is 0 Å². The van der Waals surface area contributed by atoms with Crippen LogP contribution in [0, 0.1) is 10.1 Å². The fourth-order valence-corrected chi connectivity index (χ4v) is 2.35. The zero-order chi connectivity index (χ0) is 12.4. The molecule has 0 unspecified atom stereocenters. The normalized spacial score (nSPS) is 17.2. The number of nitro benzene ring substituents is 1. The Morgan fingerprint density at radius 3 is 2.65 bits per heavy atom. The molecule has 1 aliphatic rings. The summed E-state index contributed by atoms with van der Waals surface area (Å²) in [5.41, 5.74) is 0.641. The fraction of sp³-hybridized carbons (Fsp3) is 0.455. The van der Waals surface area contributed by atoms with Crippen molar-refractivity contribution >= 4 is 27.3 Å². The first-order valence-corrected chi connectivity index (χ1v) is 6.20. The van der Waals surface area contributed by atoms with Gasteiger partial charge in [-0.25, -0.2) is 4.39 Å². The van der Waals surface area contributed by atoms with Crippen molar-refractivity contribution in [2.45, 2.75) is 19.0 Å². The molecule has 6 heteroatoms. The second kappa shape index (κ2) is 5.00. The Hall–Kier alpha value is -1.17. The largest absolute Gasteiger partial charge is 0.366 e. The zero-order valence-corrected chi connectivity index (χ0v) is 10.7. The average Bonchev–Trinajstić information content (AvgIpc) is 2.30. The van der Waals surface area contributed by atoms with Crippen LogP contribution in [0.15, 0.2) is 22.7 Å². The number of hydrogen-bond acceptors (Lipinski definition) is 3. The van der Waals surface area contributed by atoms with Gasteiger partial charge < -0.3 is 4.90 Å². The minimum Gasteiger partial charge on any atom is -0.366 e. The molecular weight excluding hydrogens is 291 g/mol. The number of halogens is 2. The number of alkyl halides is 1. The summed E-state index contributed by atoms with van der Waals surface area (Å²) in [6, 6.07) is 4.96. The SMILES string of the molecule is O=[N+]([O-])c1cc(Br)ccc1N1CCC(F)CC1. The molecular formula is C11H12BrFN2O2. The smallest absolute Gasteiger partial charge is 0.293 e. The molecule has 0 saturated carbocycles. The second-order valence-corrected chi connectivity index (χ2v) is 4.97. The molecule has 4 nitrogen and oxygen atoms in total. The molecule has 2 rings (SSSR count). The monoisotopic (exact) mass is 302 g/mol. The highest BCUT2D eigenvalue weighted by Gasteiger charge is 2.24. The topological polar surface area (TPSA) is 46.4 Å². The Morgan fingerprint density at radius 2 is 2.06 bits per heavy atom. The lowest BCUT2D eigenvalue weighted by Crippen LogP contribution is -2.34. The van der Waals surface area contributed by atoms with Crippen molar-refractivity contribution < 1.29 is 9.31 Å². The molecule has 17 heavy (non-hydrogen) atoms. The predicted octanol–water partition coefficient (Wildman–Crippen LogP) is 3.30. The van der Waals surface area contributed by atoms with E-state index in [9.17, 15) is 14.5 Å². The van der Waals surface area contributed by atoms with Gasteiger partial charge in [0, 0.05) is 23.6 Å². The third kappa shape index (κ3) is 2.74. The lowest BCUT2D eigenvalue weighted by Gasteiger charge is -2.30. The molecule has 0 aliphatic carbocycles. The van der Waals surface area contributed by atoms with Gasteiger partial charge >= 0.3 is 0 Å². The summed E-state index contributed by atoms with van der Waals surface area (Å²) in [5, 5.41) is 11.0. The van der Waals surface area contributed by atoms with Crippen molar-refractivity contribution in [2.75, 3.05) is 18.0 Å². The standard InChI is InChI=1S/C11H12BrFN2O2/c12-8-1-2-10(11(7-8)15(16)17)14-5-3-9(13)4-6-14/h1-2,7,9H,3-6H2. The number of rotatable bonds is 2. The van der Waals surface area contributed by atoms with Crippen LogP contribution >= 0.6 is 15.9 Å². The van der Waals surface area contributed by atoms with Gasteiger partial charge in [0.25, 0.3) is 5.69 Å². The highest BCUT2D eigenvalue weighted by molar-refractivity contribution is 9.10. The van der Waals surface area contributed by atoms with E-state index < -0.39 is 11.1 Å². The van der Waals surface area contributed by atoms with Gasteiger partial charge in [0.2, 0.25) is 0 Å². The molecule has 0 radical (unpaired) electrons. The Balaban J connectivity index is 2.28. The Labute approximate surface area is 107 Å². The maximum Gasteiger partial charge on any atom is 0.293 e. The molecule has 0 bridgehead atoms. The van der Waals surface area contributed by atoms with Crippen molar-refractivity contribution in [2.24, 2.45) is 0 Å². The van der Waals surface area contributed by atoms with Crippen LogP contribution in [0.5, 0.6) is 0 Å². The molecule has 1 heterocycles. The number of nitrogens with zero attached hydrogens (tertiary/aromatic N) is 2. The molecule has 0 spiro atoms. The quantitative estimate of drug-likeness (QED) is 0.622. The van der Waals surface area contributed by atoms with E-state index in [4.69, 9.17) is 0 Å². The average molecular weight is 303 g/mol. The van der Waals surface area contributed by atoms with Crippen LogP contribution < -0.4 is 4.90 Å². The second-order valence-electron chi connectivity index (χ2n) is 4.05. The summed E-state index contributed by atoms with van der Waals surface area (Å²) in [6.07, 6.45) is 0.0984. The first-order chi connectivity index (χ1) is 8.08. The van der Waals surface area contributed by atoms with E-state index in [-0.39, 0.29) is 5.69 Å². The first-order valence-electron chi connectivity index (χ1n) is 5.41. The predicted molar refractivity (Wildman–Crippen MR) is 67.1 cm³/mol. The fourth-order valence-electron chi connectivity index (χ4n) is 2.00. The van der Waals surface area contributed by atoms with Crippen LogP contribution in [0.2, 0.25) is 0 Å². The summed E-state index contributed by atoms with van der Waals surface area (Å²) in [5.74, 6) is 0. The van der Waals surface area contributed by atoms with Gasteiger partial charge in [0.15, 0.2) is 0 Å². The molecule has 1 saturated heterocycles. The molecule has 0 atom stereocenters. The molecule has 1 aromatic carbocycles. The van der Waals surface area contributed by atoms with Crippen molar-refractivity contribution in [3.8, 4) is 0 Å². The van der Waals surface area contributed by atoms with Crippen LogP contribution in [0.3, 0.4) is 0 Å². The van der Waals surface area contributed by atoms with E-state index in [1.807, 2.05) is 4.90 Å². The third-order valence-electron chi connectivity index (χ3n) is 2.90. The van der Waals surface area contributed by atoms with E-state index in [1.165, 1.54) is 6.07 Å². The van der Waals surface area contributed by atoms with Gasteiger partial charge in [-0.15, -0.1) is 0 Å². The van der Waals surface area contributed by atoms with Crippen LogP contribution in [-0.2, 0) is 0 Å². The molecule has 0 aromatic heterocycles. The summed E-state index contributed by atoms with van der Waals surface area (Å²) in [4.78, 5) is 12.4.